The van der Waals surface area contributed by atoms with Crippen molar-refractivity contribution in [3.8, 4) is 0 Å². The summed E-state index contributed by atoms with van der Waals surface area (Å²) in [5.41, 5.74) is -1.23. The molecule has 0 aromatic rings. The summed E-state index contributed by atoms with van der Waals surface area (Å²) in [7, 11) is -4.87. The number of hydrogen-bond donors (Lipinski definition) is 6. The first-order valence-electron chi connectivity index (χ1n) is 6.42. The number of nitrogens with zero attached hydrogens (tertiary/aromatic N) is 1. The molecular formula is C10H19NO10S2. The van der Waals surface area contributed by atoms with Crippen molar-refractivity contribution in [2.45, 2.75) is 36.8 Å². The van der Waals surface area contributed by atoms with Crippen LogP contribution in [0.5, 0.6) is 0 Å². The fourth-order valence-electron chi connectivity index (χ4n) is 1.67. The predicted octanol–water partition coefficient (Wildman–Crippen LogP) is -2.72. The van der Waals surface area contributed by atoms with Crippen LogP contribution in [0.2, 0.25) is 0 Å². The number of hydrogen-bond acceptors (Lipinski definition) is 11. The van der Waals surface area contributed by atoms with E-state index in [2.05, 4.69) is 9.44 Å². The van der Waals surface area contributed by atoms with Gasteiger partial charge in [0.05, 0.1) is 13.2 Å². The first-order valence-corrected chi connectivity index (χ1v) is 8.67. The van der Waals surface area contributed by atoms with Gasteiger partial charge in [0.2, 0.25) is 0 Å². The second kappa shape index (κ2) is 8.55. The van der Waals surface area contributed by atoms with Crippen LogP contribution in [-0.2, 0) is 19.4 Å². The van der Waals surface area contributed by atoms with Crippen LogP contribution in [0.15, 0.2) is 5.16 Å². The molecule has 0 aliphatic carbocycles. The van der Waals surface area contributed by atoms with Gasteiger partial charge >= 0.3 is 10.4 Å². The zero-order valence-electron chi connectivity index (χ0n) is 12.0. The lowest BCUT2D eigenvalue weighted by Crippen LogP contribution is -2.57. The maximum Gasteiger partial charge on any atom is 0.466 e. The van der Waals surface area contributed by atoms with E-state index in [-0.39, 0.29) is 5.04 Å². The molecule has 1 aliphatic rings. The van der Waals surface area contributed by atoms with Crippen molar-refractivity contribution in [3.63, 3.8) is 0 Å². The van der Waals surface area contributed by atoms with Crippen molar-refractivity contribution < 1.29 is 47.5 Å². The van der Waals surface area contributed by atoms with Crippen LogP contribution in [0.1, 0.15) is 6.92 Å². The van der Waals surface area contributed by atoms with E-state index in [1.807, 2.05) is 0 Å². The highest BCUT2D eigenvalue weighted by Crippen LogP contribution is 2.31. The van der Waals surface area contributed by atoms with Gasteiger partial charge in [-0.1, -0.05) is 23.8 Å². The van der Waals surface area contributed by atoms with Crippen LogP contribution in [0.4, 0.5) is 0 Å². The second-order valence-electron chi connectivity index (χ2n) is 4.83. The highest BCUT2D eigenvalue weighted by Gasteiger charge is 2.44. The second-order valence-corrected chi connectivity index (χ2v) is 6.95. The van der Waals surface area contributed by atoms with E-state index in [0.29, 0.717) is 11.8 Å². The summed E-state index contributed by atoms with van der Waals surface area (Å²) in [5, 5.41) is 50.5. The van der Waals surface area contributed by atoms with Crippen molar-refractivity contribution in [2.75, 3.05) is 13.2 Å². The van der Waals surface area contributed by atoms with E-state index < -0.39 is 59.4 Å². The molecule has 0 saturated carbocycles. The molecule has 0 aromatic heterocycles. The van der Waals surface area contributed by atoms with Gasteiger partial charge in [-0.25, -0.2) is 4.28 Å². The molecule has 136 valence electrons. The van der Waals surface area contributed by atoms with Gasteiger partial charge in [-0.3, -0.25) is 4.55 Å². The van der Waals surface area contributed by atoms with E-state index in [1.54, 1.807) is 0 Å². The Hall–Kier alpha value is -0.510. The number of rotatable bonds is 6. The third-order valence-corrected chi connectivity index (χ3v) is 4.61. The minimum absolute atomic E-state index is 0.158. The van der Waals surface area contributed by atoms with Crippen molar-refractivity contribution in [2.24, 2.45) is 11.1 Å². The molecule has 1 saturated heterocycles. The first-order chi connectivity index (χ1) is 10.6. The Morgan fingerprint density at radius 3 is 2.35 bits per heavy atom. The maximum atomic E-state index is 10.6. The lowest BCUT2D eigenvalue weighted by Gasteiger charge is -2.39. The molecule has 0 amide bonds. The Labute approximate surface area is 136 Å². The fourth-order valence-corrected chi connectivity index (χ4v) is 3.02. The summed E-state index contributed by atoms with van der Waals surface area (Å²) >= 11 is 0.607. The van der Waals surface area contributed by atoms with Gasteiger partial charge in [0.1, 0.15) is 34.9 Å². The summed E-state index contributed by atoms with van der Waals surface area (Å²) in [5.74, 6) is -0.742. The van der Waals surface area contributed by atoms with E-state index in [4.69, 9.17) is 19.5 Å². The average molecular weight is 377 g/mol. The largest absolute Gasteiger partial charge is 0.466 e. The molecule has 6 atom stereocenters. The fraction of sp³-hybridized carbons (Fsp3) is 0.900. The standard InChI is InChI=1S/C10H19NO10S2/c1-4(2-12)9(11-21-23(17,18)19)22-10-8(16)7(15)6(14)5(3-13)20-10/h4-8,10,12-16H,2-3H2,1H3,(H,17,18,19)/b11-9+/t4-,5+,6+,7-,8+,10-/m0/s1. The van der Waals surface area contributed by atoms with Crippen LogP contribution >= 0.6 is 11.8 Å². The van der Waals surface area contributed by atoms with E-state index in [1.165, 1.54) is 6.92 Å². The zero-order valence-corrected chi connectivity index (χ0v) is 13.6. The van der Waals surface area contributed by atoms with Gasteiger partial charge in [-0.15, -0.1) is 0 Å². The van der Waals surface area contributed by atoms with Gasteiger partial charge in [0.25, 0.3) is 0 Å². The topological polar surface area (TPSA) is 186 Å². The van der Waals surface area contributed by atoms with Gasteiger partial charge in [0.15, 0.2) is 0 Å². The Morgan fingerprint density at radius 2 is 1.87 bits per heavy atom. The smallest absolute Gasteiger partial charge is 0.396 e. The summed E-state index contributed by atoms with van der Waals surface area (Å²) in [6.07, 6.45) is -5.90. The Balaban J connectivity index is 2.93. The molecule has 0 spiro atoms. The van der Waals surface area contributed by atoms with Crippen LogP contribution in [0, 0.1) is 5.92 Å². The summed E-state index contributed by atoms with van der Waals surface area (Å²) in [4.78, 5) is 0. The third-order valence-electron chi connectivity index (χ3n) is 3.00. The van der Waals surface area contributed by atoms with Gasteiger partial charge in [0, 0.05) is 5.92 Å². The summed E-state index contributed by atoms with van der Waals surface area (Å²) < 4.78 is 38.7. The molecule has 1 aliphatic heterocycles. The molecule has 1 fully saturated rings. The van der Waals surface area contributed by atoms with E-state index in [0.717, 1.165) is 0 Å². The lowest BCUT2D eigenvalue weighted by atomic mass is 10.0. The van der Waals surface area contributed by atoms with E-state index >= 15 is 0 Å². The number of aliphatic hydroxyl groups excluding tert-OH is 5. The highest BCUT2D eigenvalue weighted by molar-refractivity contribution is 8.14. The molecule has 0 bridgehead atoms. The molecule has 13 heteroatoms. The quantitative estimate of drug-likeness (QED) is 0.122. The summed E-state index contributed by atoms with van der Waals surface area (Å²) in [6, 6.07) is 0. The molecule has 0 aromatic carbocycles. The molecule has 23 heavy (non-hydrogen) atoms. The minimum atomic E-state index is -4.87. The molecule has 1 rings (SSSR count). The van der Waals surface area contributed by atoms with Crippen LogP contribution < -0.4 is 0 Å². The monoisotopic (exact) mass is 377 g/mol. The predicted molar refractivity (Wildman–Crippen MR) is 77.7 cm³/mol. The SMILES string of the molecule is C[C@@H](CO)/C(=N\OS(=O)(=O)O)S[C@@H]1O[C@H](CO)[C@@H](O)[C@H](O)[C@H]1O. The van der Waals surface area contributed by atoms with Gasteiger partial charge in [-0.2, -0.15) is 8.42 Å². The first kappa shape index (κ1) is 20.5. The average Bonchev–Trinajstić information content (AvgIpc) is 2.49. The van der Waals surface area contributed by atoms with Crippen LogP contribution in [0.25, 0.3) is 0 Å². The van der Waals surface area contributed by atoms with Gasteiger partial charge < -0.3 is 30.3 Å². The van der Waals surface area contributed by atoms with E-state index in [9.17, 15) is 23.7 Å². The Kier molecular flexibility index (Phi) is 7.63. The molecular weight excluding hydrogens is 358 g/mol. The molecule has 6 N–H and O–H groups in total. The molecule has 11 nitrogen and oxygen atoms in total. The zero-order chi connectivity index (χ0) is 17.8. The molecule has 1 heterocycles. The highest BCUT2D eigenvalue weighted by atomic mass is 32.3. The number of oxime groups is 1. The Bertz CT molecular complexity index is 510. The van der Waals surface area contributed by atoms with Crippen LogP contribution in [0.3, 0.4) is 0 Å². The lowest BCUT2D eigenvalue weighted by molar-refractivity contribution is -0.205. The number of thioether (sulfide) groups is 1. The molecule has 0 radical (unpaired) electrons. The Morgan fingerprint density at radius 1 is 1.26 bits per heavy atom. The van der Waals surface area contributed by atoms with Crippen molar-refractivity contribution in [3.05, 3.63) is 0 Å². The molecule has 0 unspecified atom stereocenters. The minimum Gasteiger partial charge on any atom is -0.396 e. The third kappa shape index (κ3) is 5.81. The van der Waals surface area contributed by atoms with Gasteiger partial charge in [-0.05, 0) is 0 Å². The van der Waals surface area contributed by atoms with Crippen LogP contribution in [-0.4, -0.2) is 86.6 Å². The number of aliphatic hydroxyl groups is 5. The normalized spacial score (nSPS) is 34.2. The van der Waals surface area contributed by atoms with Crippen molar-refractivity contribution in [1.29, 1.82) is 0 Å². The summed E-state index contributed by atoms with van der Waals surface area (Å²) in [6.45, 7) is 0.354. The maximum absolute atomic E-state index is 10.6. The van der Waals surface area contributed by atoms with Crippen molar-refractivity contribution >= 4 is 27.2 Å². The number of ether oxygens (including phenoxy) is 1. The van der Waals surface area contributed by atoms with Crippen molar-refractivity contribution in [1.82, 2.24) is 0 Å².